The van der Waals surface area contributed by atoms with Gasteiger partial charge in [0.25, 0.3) is 0 Å². The predicted octanol–water partition coefficient (Wildman–Crippen LogP) is 2.14. The topological polar surface area (TPSA) is 37.8 Å². The van der Waals surface area contributed by atoms with E-state index in [1.165, 1.54) is 12.1 Å². The number of nitrogens with zero attached hydrogens (tertiary/aromatic N) is 2. The van der Waals surface area contributed by atoms with Crippen LogP contribution in [0.5, 0.6) is 0 Å². The van der Waals surface area contributed by atoms with E-state index in [0.29, 0.717) is 17.9 Å². The zero-order chi connectivity index (χ0) is 12.3. The Balaban J connectivity index is 2.32. The van der Waals surface area contributed by atoms with E-state index in [2.05, 4.69) is 15.3 Å². The molecule has 0 unspecified atom stereocenters. The summed E-state index contributed by atoms with van der Waals surface area (Å²) in [6, 6.07) is 3.23. The minimum absolute atomic E-state index is 0.309. The standard InChI is InChI=1S/C12H11F2N3/c1-15-5-8-6-16-12(17-7-8)9-2-10(13)4-11(14)3-9/h2-4,6-7,15H,5H2,1H3. The van der Waals surface area contributed by atoms with Crippen LogP contribution in [0.2, 0.25) is 0 Å². The Morgan fingerprint density at radius 1 is 1.06 bits per heavy atom. The number of hydrogen-bond donors (Lipinski definition) is 1. The summed E-state index contributed by atoms with van der Waals surface area (Å²) in [6.07, 6.45) is 3.25. The van der Waals surface area contributed by atoms with Crippen LogP contribution >= 0.6 is 0 Å². The summed E-state index contributed by atoms with van der Waals surface area (Å²) in [7, 11) is 1.82. The molecule has 2 aromatic rings. The number of rotatable bonds is 3. The molecule has 1 aromatic carbocycles. The van der Waals surface area contributed by atoms with Crippen molar-refractivity contribution in [2.75, 3.05) is 7.05 Å². The minimum atomic E-state index is -0.636. The van der Waals surface area contributed by atoms with Crippen LogP contribution in [-0.4, -0.2) is 17.0 Å². The van der Waals surface area contributed by atoms with Gasteiger partial charge in [0.2, 0.25) is 0 Å². The fourth-order valence-electron chi connectivity index (χ4n) is 1.48. The van der Waals surface area contributed by atoms with Gasteiger partial charge in [0, 0.05) is 36.1 Å². The van der Waals surface area contributed by atoms with Gasteiger partial charge in [-0.1, -0.05) is 0 Å². The van der Waals surface area contributed by atoms with E-state index in [1.54, 1.807) is 12.4 Å². The first-order chi connectivity index (χ1) is 8.19. The molecular formula is C12H11F2N3. The van der Waals surface area contributed by atoms with Crippen LogP contribution in [0.15, 0.2) is 30.6 Å². The van der Waals surface area contributed by atoms with Crippen molar-refractivity contribution in [2.45, 2.75) is 6.54 Å². The number of benzene rings is 1. The summed E-state index contributed by atoms with van der Waals surface area (Å²) in [5.41, 5.74) is 1.24. The molecule has 0 saturated carbocycles. The fourth-order valence-corrected chi connectivity index (χ4v) is 1.48. The highest BCUT2D eigenvalue weighted by molar-refractivity contribution is 5.54. The second-order valence-electron chi connectivity index (χ2n) is 3.60. The molecule has 17 heavy (non-hydrogen) atoms. The Bertz CT molecular complexity index is 491. The van der Waals surface area contributed by atoms with E-state index in [9.17, 15) is 8.78 Å². The third-order valence-electron chi connectivity index (χ3n) is 2.21. The van der Waals surface area contributed by atoms with Gasteiger partial charge in [-0.15, -0.1) is 0 Å². The monoisotopic (exact) mass is 235 g/mol. The van der Waals surface area contributed by atoms with Crippen LogP contribution in [0.25, 0.3) is 11.4 Å². The van der Waals surface area contributed by atoms with Crippen molar-refractivity contribution in [3.63, 3.8) is 0 Å². The molecule has 0 saturated heterocycles. The highest BCUT2D eigenvalue weighted by atomic mass is 19.1. The molecule has 0 aliphatic rings. The van der Waals surface area contributed by atoms with Gasteiger partial charge in [-0.05, 0) is 19.2 Å². The molecule has 88 valence electrons. The Morgan fingerprint density at radius 2 is 1.65 bits per heavy atom. The average molecular weight is 235 g/mol. The van der Waals surface area contributed by atoms with E-state index < -0.39 is 11.6 Å². The highest BCUT2D eigenvalue weighted by Crippen LogP contribution is 2.17. The Morgan fingerprint density at radius 3 is 2.18 bits per heavy atom. The normalized spacial score (nSPS) is 10.5. The molecule has 0 bridgehead atoms. The van der Waals surface area contributed by atoms with Gasteiger partial charge in [0.05, 0.1) is 0 Å². The lowest BCUT2D eigenvalue weighted by atomic mass is 10.2. The largest absolute Gasteiger partial charge is 0.316 e. The molecule has 0 aliphatic heterocycles. The average Bonchev–Trinajstić information content (AvgIpc) is 2.29. The van der Waals surface area contributed by atoms with Crippen LogP contribution in [0.1, 0.15) is 5.56 Å². The molecule has 3 nitrogen and oxygen atoms in total. The molecule has 0 aliphatic carbocycles. The van der Waals surface area contributed by atoms with Gasteiger partial charge in [0.15, 0.2) is 5.82 Å². The summed E-state index contributed by atoms with van der Waals surface area (Å²) in [4.78, 5) is 8.13. The first-order valence-electron chi connectivity index (χ1n) is 5.11. The molecule has 0 amide bonds. The van der Waals surface area contributed by atoms with E-state index in [1.807, 2.05) is 7.05 Å². The zero-order valence-corrected chi connectivity index (χ0v) is 9.24. The summed E-state index contributed by atoms with van der Waals surface area (Å²) in [5, 5.41) is 2.96. The van der Waals surface area contributed by atoms with Crippen molar-refractivity contribution >= 4 is 0 Å². The smallest absolute Gasteiger partial charge is 0.159 e. The van der Waals surface area contributed by atoms with Gasteiger partial charge < -0.3 is 5.32 Å². The molecule has 1 N–H and O–H groups in total. The SMILES string of the molecule is CNCc1cnc(-c2cc(F)cc(F)c2)nc1. The lowest BCUT2D eigenvalue weighted by molar-refractivity contribution is 0.584. The highest BCUT2D eigenvalue weighted by Gasteiger charge is 2.05. The number of aromatic nitrogens is 2. The number of hydrogen-bond acceptors (Lipinski definition) is 3. The van der Waals surface area contributed by atoms with Gasteiger partial charge in [0.1, 0.15) is 11.6 Å². The molecule has 0 atom stereocenters. The van der Waals surface area contributed by atoms with E-state index in [-0.39, 0.29) is 0 Å². The molecule has 0 fully saturated rings. The lowest BCUT2D eigenvalue weighted by Crippen LogP contribution is -2.06. The number of halogens is 2. The first-order valence-corrected chi connectivity index (χ1v) is 5.11. The van der Waals surface area contributed by atoms with Crippen LogP contribution in [0, 0.1) is 11.6 Å². The Kier molecular flexibility index (Phi) is 3.39. The molecule has 5 heteroatoms. The van der Waals surface area contributed by atoms with Crippen molar-refractivity contribution < 1.29 is 8.78 Å². The van der Waals surface area contributed by atoms with Crippen molar-refractivity contribution in [3.8, 4) is 11.4 Å². The maximum absolute atomic E-state index is 13.0. The van der Waals surface area contributed by atoms with Gasteiger partial charge in [-0.3, -0.25) is 0 Å². The summed E-state index contributed by atoms with van der Waals surface area (Å²) < 4.78 is 26.0. The van der Waals surface area contributed by atoms with E-state index in [0.717, 1.165) is 11.6 Å². The Hall–Kier alpha value is -1.88. The van der Waals surface area contributed by atoms with Crippen molar-refractivity contribution in [1.82, 2.24) is 15.3 Å². The summed E-state index contributed by atoms with van der Waals surface area (Å²) in [6.45, 7) is 0.651. The summed E-state index contributed by atoms with van der Waals surface area (Å²) in [5.74, 6) is -0.964. The maximum Gasteiger partial charge on any atom is 0.159 e. The van der Waals surface area contributed by atoms with Crippen LogP contribution in [0.4, 0.5) is 8.78 Å². The zero-order valence-electron chi connectivity index (χ0n) is 9.24. The molecule has 1 aromatic heterocycles. The van der Waals surface area contributed by atoms with Crippen LogP contribution < -0.4 is 5.32 Å². The second kappa shape index (κ2) is 4.97. The molecule has 0 radical (unpaired) electrons. The van der Waals surface area contributed by atoms with Gasteiger partial charge in [-0.2, -0.15) is 0 Å². The van der Waals surface area contributed by atoms with Crippen molar-refractivity contribution in [1.29, 1.82) is 0 Å². The molecule has 1 heterocycles. The number of nitrogens with one attached hydrogen (secondary N) is 1. The molecule has 2 rings (SSSR count). The van der Waals surface area contributed by atoms with E-state index >= 15 is 0 Å². The Labute approximate surface area is 97.5 Å². The second-order valence-corrected chi connectivity index (χ2v) is 3.60. The molecule has 0 spiro atoms. The van der Waals surface area contributed by atoms with E-state index in [4.69, 9.17) is 0 Å². The van der Waals surface area contributed by atoms with Crippen molar-refractivity contribution in [2.24, 2.45) is 0 Å². The molecular weight excluding hydrogens is 224 g/mol. The summed E-state index contributed by atoms with van der Waals surface area (Å²) >= 11 is 0. The maximum atomic E-state index is 13.0. The third kappa shape index (κ3) is 2.82. The fraction of sp³-hybridized carbons (Fsp3) is 0.167. The third-order valence-corrected chi connectivity index (χ3v) is 2.21. The predicted molar refractivity (Wildman–Crippen MR) is 60.1 cm³/mol. The van der Waals surface area contributed by atoms with Crippen molar-refractivity contribution in [3.05, 3.63) is 47.8 Å². The first kappa shape index (κ1) is 11.6. The lowest BCUT2D eigenvalue weighted by Gasteiger charge is -2.02. The minimum Gasteiger partial charge on any atom is -0.316 e. The van der Waals surface area contributed by atoms with Crippen LogP contribution in [0.3, 0.4) is 0 Å². The quantitative estimate of drug-likeness (QED) is 0.885. The van der Waals surface area contributed by atoms with Crippen LogP contribution in [-0.2, 0) is 6.54 Å². The van der Waals surface area contributed by atoms with Gasteiger partial charge >= 0.3 is 0 Å². The van der Waals surface area contributed by atoms with Gasteiger partial charge in [-0.25, -0.2) is 18.7 Å².